The summed E-state index contributed by atoms with van der Waals surface area (Å²) in [5, 5.41) is 2.82. The Hall–Kier alpha value is -4.13. The minimum absolute atomic E-state index is 0.00532. The van der Waals surface area contributed by atoms with Gasteiger partial charge in [-0.05, 0) is 60.9 Å². The summed E-state index contributed by atoms with van der Waals surface area (Å²) in [5.41, 5.74) is 7.35. The second kappa shape index (κ2) is 10.5. The Morgan fingerprint density at radius 3 is 2.18 bits per heavy atom. The number of hydrazine groups is 1. The molecule has 4 rings (SSSR count). The first-order valence-corrected chi connectivity index (χ1v) is 10.9. The Morgan fingerprint density at radius 1 is 0.788 bits per heavy atom. The topological polar surface area (TPSA) is 96.5 Å². The van der Waals surface area contributed by atoms with Gasteiger partial charge in [0, 0.05) is 29.2 Å². The van der Waals surface area contributed by atoms with Crippen molar-refractivity contribution in [2.24, 2.45) is 5.92 Å². The first-order chi connectivity index (χ1) is 16.1. The maximum atomic E-state index is 12.4. The third-order valence-corrected chi connectivity index (χ3v) is 5.25. The van der Waals surface area contributed by atoms with Crippen LogP contribution < -0.4 is 20.9 Å². The number of rotatable bonds is 8. The molecule has 0 unspecified atom stereocenters. The number of ether oxygens (including phenoxy) is 1. The molecule has 0 spiro atoms. The van der Waals surface area contributed by atoms with Crippen molar-refractivity contribution < 1.29 is 19.1 Å². The normalized spacial score (nSPS) is 12.5. The second-order valence-corrected chi connectivity index (χ2v) is 7.86. The lowest BCUT2D eigenvalue weighted by Crippen LogP contribution is -2.41. The van der Waals surface area contributed by atoms with Crippen molar-refractivity contribution in [3.8, 4) is 5.75 Å². The zero-order valence-electron chi connectivity index (χ0n) is 18.0. The predicted octanol–water partition coefficient (Wildman–Crippen LogP) is 3.73. The molecule has 0 radical (unpaired) electrons. The molecule has 3 aromatic carbocycles. The van der Waals surface area contributed by atoms with E-state index < -0.39 is 11.8 Å². The number of carbonyl (C=O) groups is 3. The molecule has 3 aromatic rings. The number of carbonyl (C=O) groups excluding carboxylic acids is 3. The van der Waals surface area contributed by atoms with Gasteiger partial charge in [-0.3, -0.25) is 25.2 Å². The molecule has 1 fully saturated rings. The first-order valence-electron chi connectivity index (χ1n) is 10.9. The van der Waals surface area contributed by atoms with Gasteiger partial charge >= 0.3 is 0 Å². The molecule has 7 heteroatoms. The number of hydrogen-bond acceptors (Lipinski definition) is 4. The summed E-state index contributed by atoms with van der Waals surface area (Å²) in [5.74, 6) is -0.223. The van der Waals surface area contributed by atoms with Crippen LogP contribution in [0.1, 0.15) is 39.1 Å². The molecule has 1 aliphatic rings. The molecule has 3 N–H and O–H groups in total. The maximum Gasteiger partial charge on any atom is 0.269 e. The van der Waals surface area contributed by atoms with Gasteiger partial charge in [-0.25, -0.2) is 0 Å². The fourth-order valence-corrected chi connectivity index (χ4v) is 3.21. The van der Waals surface area contributed by atoms with E-state index >= 15 is 0 Å². The van der Waals surface area contributed by atoms with E-state index in [-0.39, 0.29) is 11.8 Å². The van der Waals surface area contributed by atoms with Gasteiger partial charge in [-0.1, -0.05) is 36.4 Å². The largest absolute Gasteiger partial charge is 0.493 e. The van der Waals surface area contributed by atoms with Crippen LogP contribution in [-0.2, 0) is 11.2 Å². The van der Waals surface area contributed by atoms with Crippen LogP contribution in [0.4, 0.5) is 5.69 Å². The lowest BCUT2D eigenvalue weighted by Gasteiger charge is -2.10. The lowest BCUT2D eigenvalue weighted by atomic mass is 10.2. The summed E-state index contributed by atoms with van der Waals surface area (Å²) >= 11 is 0. The van der Waals surface area contributed by atoms with Crippen LogP contribution >= 0.6 is 0 Å². The van der Waals surface area contributed by atoms with Crippen LogP contribution in [0.3, 0.4) is 0 Å². The average Bonchev–Trinajstić information content (AvgIpc) is 3.69. The molecular weight excluding hydrogens is 418 g/mol. The highest BCUT2D eigenvalue weighted by molar-refractivity contribution is 6.00. The third kappa shape index (κ3) is 6.43. The second-order valence-electron chi connectivity index (χ2n) is 7.86. The predicted molar refractivity (Wildman–Crippen MR) is 125 cm³/mol. The smallest absolute Gasteiger partial charge is 0.269 e. The molecule has 0 heterocycles. The van der Waals surface area contributed by atoms with Gasteiger partial charge in [0.05, 0.1) is 6.61 Å². The molecule has 3 amide bonds. The Kier molecular flexibility index (Phi) is 6.99. The first kappa shape index (κ1) is 22.1. The van der Waals surface area contributed by atoms with Crippen LogP contribution in [0, 0.1) is 5.92 Å². The highest BCUT2D eigenvalue weighted by Crippen LogP contribution is 2.30. The molecule has 0 aromatic heterocycles. The standard InChI is InChI=1S/C26H25N3O4/c30-24(19-9-10-19)27-22-13-11-20(12-14-22)25(31)28-29-26(32)21-7-4-8-23(17-21)33-16-15-18-5-2-1-3-6-18/h1-8,11-14,17,19H,9-10,15-16H2,(H,27,30)(H,28,31)(H,29,32). The minimum Gasteiger partial charge on any atom is -0.493 e. The third-order valence-electron chi connectivity index (χ3n) is 5.25. The molecule has 0 bridgehead atoms. The van der Waals surface area contributed by atoms with Crippen molar-refractivity contribution in [3.63, 3.8) is 0 Å². The Labute approximate surface area is 192 Å². The summed E-state index contributed by atoms with van der Waals surface area (Å²) in [4.78, 5) is 36.6. The molecule has 168 valence electrons. The summed E-state index contributed by atoms with van der Waals surface area (Å²) in [6, 6.07) is 23.3. The van der Waals surface area contributed by atoms with E-state index in [0.29, 0.717) is 29.2 Å². The number of anilines is 1. The monoisotopic (exact) mass is 443 g/mol. The maximum absolute atomic E-state index is 12.4. The van der Waals surface area contributed by atoms with E-state index in [1.807, 2.05) is 30.3 Å². The number of amides is 3. The van der Waals surface area contributed by atoms with E-state index in [1.165, 1.54) is 5.56 Å². The van der Waals surface area contributed by atoms with Gasteiger partial charge in [-0.15, -0.1) is 0 Å². The molecule has 1 saturated carbocycles. The van der Waals surface area contributed by atoms with Gasteiger partial charge in [-0.2, -0.15) is 0 Å². The molecule has 1 aliphatic carbocycles. The van der Waals surface area contributed by atoms with Crippen molar-refractivity contribution in [1.29, 1.82) is 0 Å². The van der Waals surface area contributed by atoms with E-state index in [2.05, 4.69) is 16.2 Å². The summed E-state index contributed by atoms with van der Waals surface area (Å²) < 4.78 is 5.76. The van der Waals surface area contributed by atoms with Crippen LogP contribution in [-0.4, -0.2) is 24.3 Å². The zero-order valence-corrected chi connectivity index (χ0v) is 18.0. The van der Waals surface area contributed by atoms with Gasteiger partial charge < -0.3 is 10.1 Å². The lowest BCUT2D eigenvalue weighted by molar-refractivity contribution is -0.117. The quantitative estimate of drug-likeness (QED) is 0.462. The summed E-state index contributed by atoms with van der Waals surface area (Å²) in [6.07, 6.45) is 2.61. The van der Waals surface area contributed by atoms with E-state index in [0.717, 1.165) is 19.3 Å². The van der Waals surface area contributed by atoms with Crippen LogP contribution in [0.5, 0.6) is 5.75 Å². The summed E-state index contributed by atoms with van der Waals surface area (Å²) in [6.45, 7) is 0.489. The van der Waals surface area contributed by atoms with Crippen LogP contribution in [0.15, 0.2) is 78.9 Å². The summed E-state index contributed by atoms with van der Waals surface area (Å²) in [7, 11) is 0. The average molecular weight is 444 g/mol. The van der Waals surface area contributed by atoms with Gasteiger partial charge in [0.15, 0.2) is 0 Å². The van der Waals surface area contributed by atoms with Crippen LogP contribution in [0.2, 0.25) is 0 Å². The number of nitrogens with one attached hydrogen (secondary N) is 3. The fourth-order valence-electron chi connectivity index (χ4n) is 3.21. The van der Waals surface area contributed by atoms with Crippen molar-refractivity contribution in [2.75, 3.05) is 11.9 Å². The SMILES string of the molecule is O=C(NNC(=O)c1cccc(OCCc2ccccc2)c1)c1ccc(NC(=O)C2CC2)cc1. The number of hydrogen-bond donors (Lipinski definition) is 3. The number of benzene rings is 3. The van der Waals surface area contributed by atoms with E-state index in [4.69, 9.17) is 4.74 Å². The molecule has 7 nitrogen and oxygen atoms in total. The van der Waals surface area contributed by atoms with Gasteiger partial charge in [0.25, 0.3) is 11.8 Å². The molecular formula is C26H25N3O4. The highest BCUT2D eigenvalue weighted by atomic mass is 16.5. The van der Waals surface area contributed by atoms with Gasteiger partial charge in [0.1, 0.15) is 5.75 Å². The highest BCUT2D eigenvalue weighted by Gasteiger charge is 2.29. The molecule has 0 aliphatic heterocycles. The molecule has 33 heavy (non-hydrogen) atoms. The van der Waals surface area contributed by atoms with E-state index in [9.17, 15) is 14.4 Å². The fraction of sp³-hybridized carbons (Fsp3) is 0.192. The molecule has 0 saturated heterocycles. The van der Waals surface area contributed by atoms with Gasteiger partial charge in [0.2, 0.25) is 5.91 Å². The van der Waals surface area contributed by atoms with Crippen molar-refractivity contribution in [1.82, 2.24) is 10.9 Å². The minimum atomic E-state index is -0.460. The van der Waals surface area contributed by atoms with Crippen molar-refractivity contribution in [3.05, 3.63) is 95.6 Å². The zero-order chi connectivity index (χ0) is 23.0. The molecule has 0 atom stereocenters. The Balaban J connectivity index is 1.25. The Bertz CT molecular complexity index is 1130. The Morgan fingerprint density at radius 2 is 1.48 bits per heavy atom. The van der Waals surface area contributed by atoms with Crippen LogP contribution in [0.25, 0.3) is 0 Å². The van der Waals surface area contributed by atoms with Crippen molar-refractivity contribution in [2.45, 2.75) is 19.3 Å². The van der Waals surface area contributed by atoms with Crippen molar-refractivity contribution >= 4 is 23.4 Å². The van der Waals surface area contributed by atoms with E-state index in [1.54, 1.807) is 48.5 Å².